The molecule has 0 bridgehead atoms. The Kier molecular flexibility index (Phi) is 3.41. The van der Waals surface area contributed by atoms with E-state index in [1.54, 1.807) is 6.92 Å². The lowest BCUT2D eigenvalue weighted by Gasteiger charge is -2.13. The number of fused-ring (bicyclic) bond motifs is 1. The number of nitrogens with one attached hydrogen (secondary N) is 1. The molecule has 3 aromatic rings. The van der Waals surface area contributed by atoms with Gasteiger partial charge < -0.3 is 9.72 Å². The van der Waals surface area contributed by atoms with Crippen molar-refractivity contribution in [2.75, 3.05) is 6.61 Å². The Morgan fingerprint density at radius 2 is 2.12 bits per heavy atom. The number of imidazole rings is 1. The van der Waals surface area contributed by atoms with E-state index < -0.39 is 12.8 Å². The van der Waals surface area contributed by atoms with Crippen molar-refractivity contribution in [3.8, 4) is 5.75 Å². The molecule has 2 aromatic heterocycles. The maximum Gasteiger partial charge on any atom is 0.422 e. The molecular formula is C16H14F3N3OS. The molecule has 4 nitrogen and oxygen atoms in total. The number of alkyl halides is 3. The number of aromatic amines is 1. The summed E-state index contributed by atoms with van der Waals surface area (Å²) < 4.78 is 73.0. The van der Waals surface area contributed by atoms with Gasteiger partial charge >= 0.3 is 6.18 Å². The Hall–Kier alpha value is -2.22. The van der Waals surface area contributed by atoms with Crippen molar-refractivity contribution in [3.63, 3.8) is 0 Å². The molecule has 1 N–H and O–H groups in total. The SMILES string of the molecule is [2H]c1c([2H])c([2H])c2[nH]c(SCc3nccc(OCC(F)(F)F)c3C)nc2c1[2H]. The van der Waals surface area contributed by atoms with Crippen LogP contribution in [0, 0.1) is 6.92 Å². The molecule has 0 unspecified atom stereocenters. The van der Waals surface area contributed by atoms with E-state index >= 15 is 0 Å². The summed E-state index contributed by atoms with van der Waals surface area (Å²) in [4.78, 5) is 11.2. The molecule has 0 aliphatic heterocycles. The number of thioether (sulfide) groups is 1. The van der Waals surface area contributed by atoms with Gasteiger partial charge in [-0.2, -0.15) is 13.2 Å². The number of aromatic nitrogens is 3. The molecule has 0 saturated heterocycles. The second kappa shape index (κ2) is 6.72. The first-order chi connectivity index (χ1) is 13.1. The van der Waals surface area contributed by atoms with Crippen molar-refractivity contribution in [2.24, 2.45) is 0 Å². The van der Waals surface area contributed by atoms with Crippen molar-refractivity contribution in [1.29, 1.82) is 0 Å². The first-order valence-corrected chi connectivity index (χ1v) is 7.80. The maximum absolute atomic E-state index is 12.4. The van der Waals surface area contributed by atoms with Gasteiger partial charge in [-0.05, 0) is 25.1 Å². The fraction of sp³-hybridized carbons (Fsp3) is 0.250. The highest BCUT2D eigenvalue weighted by Gasteiger charge is 2.28. The van der Waals surface area contributed by atoms with E-state index in [0.29, 0.717) is 16.4 Å². The van der Waals surface area contributed by atoms with Crippen molar-refractivity contribution in [3.05, 3.63) is 47.7 Å². The summed E-state index contributed by atoms with van der Waals surface area (Å²) in [6.45, 7) is 0.216. The summed E-state index contributed by atoms with van der Waals surface area (Å²) in [6, 6.07) is 0.182. The molecule has 3 rings (SSSR count). The van der Waals surface area contributed by atoms with Gasteiger partial charge in [-0.25, -0.2) is 4.98 Å². The molecule has 126 valence electrons. The molecule has 1 aromatic carbocycles. The van der Waals surface area contributed by atoms with Gasteiger partial charge in [-0.1, -0.05) is 23.8 Å². The molecule has 0 amide bonds. The van der Waals surface area contributed by atoms with Gasteiger partial charge in [0.1, 0.15) is 5.75 Å². The Labute approximate surface area is 146 Å². The summed E-state index contributed by atoms with van der Waals surface area (Å²) >= 11 is 1.18. The van der Waals surface area contributed by atoms with Gasteiger partial charge in [0.2, 0.25) is 0 Å². The lowest BCUT2D eigenvalue weighted by molar-refractivity contribution is -0.153. The Morgan fingerprint density at radius 1 is 1.33 bits per heavy atom. The predicted molar refractivity (Wildman–Crippen MR) is 86.2 cm³/mol. The van der Waals surface area contributed by atoms with E-state index in [-0.39, 0.29) is 46.7 Å². The normalized spacial score (nSPS) is 14.2. The highest BCUT2D eigenvalue weighted by Crippen LogP contribution is 2.28. The number of nitrogens with zero attached hydrogens (tertiary/aromatic N) is 2. The molecule has 2 heterocycles. The standard InChI is InChI=1S/C16H14F3N3OS/c1-10-13(20-7-6-14(10)23-9-16(17,18)19)8-24-15-21-11-4-2-3-5-12(11)22-15/h2-7H,8-9H2,1H3,(H,21,22)/i2D,3D,4D,5D. The highest BCUT2D eigenvalue weighted by atomic mass is 32.2. The number of para-hydroxylation sites is 2. The van der Waals surface area contributed by atoms with Gasteiger partial charge in [0.05, 0.1) is 22.2 Å². The van der Waals surface area contributed by atoms with Crippen LogP contribution in [0.3, 0.4) is 0 Å². The quantitative estimate of drug-likeness (QED) is 0.683. The fourth-order valence-corrected chi connectivity index (χ4v) is 2.84. The number of hydrogen-bond donors (Lipinski definition) is 1. The molecule has 24 heavy (non-hydrogen) atoms. The third kappa shape index (κ3) is 4.00. The predicted octanol–water partition coefficient (Wildman–Crippen LogP) is 4.50. The van der Waals surface area contributed by atoms with Gasteiger partial charge in [-0.15, -0.1) is 0 Å². The molecule has 0 radical (unpaired) electrons. The number of H-pyrrole nitrogens is 1. The lowest BCUT2D eigenvalue weighted by Crippen LogP contribution is -2.19. The van der Waals surface area contributed by atoms with Crippen LogP contribution >= 0.6 is 11.8 Å². The van der Waals surface area contributed by atoms with Crippen molar-refractivity contribution >= 4 is 22.8 Å². The second-order valence-corrected chi connectivity index (χ2v) is 5.80. The topological polar surface area (TPSA) is 50.8 Å². The molecule has 0 aliphatic rings. The zero-order valence-electron chi connectivity index (χ0n) is 16.4. The van der Waals surface area contributed by atoms with Gasteiger partial charge in [0.25, 0.3) is 0 Å². The number of hydrogen-bond acceptors (Lipinski definition) is 4. The number of pyridine rings is 1. The van der Waals surface area contributed by atoms with E-state index in [1.807, 2.05) is 0 Å². The minimum absolute atomic E-state index is 0.0899. The fourth-order valence-electron chi connectivity index (χ4n) is 1.94. The van der Waals surface area contributed by atoms with Gasteiger partial charge in [0.15, 0.2) is 11.8 Å². The van der Waals surface area contributed by atoms with E-state index in [0.717, 1.165) is 0 Å². The minimum Gasteiger partial charge on any atom is -0.484 e. The van der Waals surface area contributed by atoms with Crippen LogP contribution in [0.5, 0.6) is 5.75 Å². The van der Waals surface area contributed by atoms with Crippen LogP contribution in [0.2, 0.25) is 0 Å². The van der Waals surface area contributed by atoms with E-state index in [2.05, 4.69) is 15.0 Å². The molecule has 0 fully saturated rings. The molecule has 0 saturated carbocycles. The smallest absolute Gasteiger partial charge is 0.422 e. The Morgan fingerprint density at radius 3 is 2.92 bits per heavy atom. The second-order valence-electron chi connectivity index (χ2n) is 4.84. The molecule has 0 atom stereocenters. The first-order valence-electron chi connectivity index (χ1n) is 8.81. The third-order valence-corrected chi connectivity index (χ3v) is 3.99. The van der Waals surface area contributed by atoms with Crippen LogP contribution in [0.1, 0.15) is 16.7 Å². The van der Waals surface area contributed by atoms with Gasteiger partial charge in [0, 0.05) is 17.5 Å². The van der Waals surface area contributed by atoms with Crippen molar-refractivity contribution < 1.29 is 23.4 Å². The molecule has 8 heteroatoms. The zero-order valence-corrected chi connectivity index (χ0v) is 13.2. The van der Waals surface area contributed by atoms with Crippen LogP contribution in [-0.2, 0) is 5.75 Å². The summed E-state index contributed by atoms with van der Waals surface area (Å²) in [5, 5.41) is 0.352. The van der Waals surface area contributed by atoms with E-state index in [4.69, 9.17) is 10.2 Å². The number of benzene rings is 1. The molecule has 0 aliphatic carbocycles. The average molecular weight is 357 g/mol. The lowest BCUT2D eigenvalue weighted by atomic mass is 10.2. The van der Waals surface area contributed by atoms with Crippen LogP contribution < -0.4 is 4.74 Å². The maximum atomic E-state index is 12.4. The van der Waals surface area contributed by atoms with Crippen molar-refractivity contribution in [2.45, 2.75) is 24.0 Å². The average Bonchev–Trinajstić information content (AvgIpc) is 3.06. The third-order valence-electron chi connectivity index (χ3n) is 3.11. The first kappa shape index (κ1) is 12.2. The summed E-state index contributed by atoms with van der Waals surface area (Å²) in [7, 11) is 0. The summed E-state index contributed by atoms with van der Waals surface area (Å²) in [6.07, 6.45) is -3.08. The Bertz CT molecular complexity index is 997. The largest absolute Gasteiger partial charge is 0.484 e. The number of halogens is 3. The van der Waals surface area contributed by atoms with Crippen LogP contribution in [-0.4, -0.2) is 27.7 Å². The van der Waals surface area contributed by atoms with E-state index in [1.165, 1.54) is 24.0 Å². The van der Waals surface area contributed by atoms with E-state index in [9.17, 15) is 13.2 Å². The Balaban J connectivity index is 1.81. The van der Waals surface area contributed by atoms with Gasteiger partial charge in [-0.3, -0.25) is 4.98 Å². The van der Waals surface area contributed by atoms with Crippen LogP contribution in [0.25, 0.3) is 11.0 Å². The summed E-state index contributed by atoms with van der Waals surface area (Å²) in [5.74, 6) is 0.351. The molecular weight excluding hydrogens is 339 g/mol. The number of rotatable bonds is 5. The molecule has 0 spiro atoms. The number of ether oxygens (including phenoxy) is 1. The summed E-state index contributed by atoms with van der Waals surface area (Å²) in [5.41, 5.74) is 1.30. The van der Waals surface area contributed by atoms with Crippen LogP contribution in [0.15, 0.2) is 41.6 Å². The monoisotopic (exact) mass is 357 g/mol. The minimum atomic E-state index is -4.44. The zero-order chi connectivity index (χ0) is 20.6. The van der Waals surface area contributed by atoms with Crippen LogP contribution in [0.4, 0.5) is 13.2 Å². The van der Waals surface area contributed by atoms with Crippen molar-refractivity contribution in [1.82, 2.24) is 15.0 Å². The highest BCUT2D eigenvalue weighted by molar-refractivity contribution is 7.98.